The average Bonchev–Trinajstić information content (AvgIpc) is 2.40. The Morgan fingerprint density at radius 2 is 1.79 bits per heavy atom. The molecule has 0 spiro atoms. The van der Waals surface area contributed by atoms with E-state index in [1.165, 1.54) is 0 Å². The molecule has 0 amide bonds. The van der Waals surface area contributed by atoms with Crippen LogP contribution in [-0.2, 0) is 14.3 Å². The van der Waals surface area contributed by atoms with Gasteiger partial charge in [-0.2, -0.15) is 8.42 Å². The highest BCUT2D eigenvalue weighted by Crippen LogP contribution is 2.43. The van der Waals surface area contributed by atoms with Gasteiger partial charge < -0.3 is 0 Å². The van der Waals surface area contributed by atoms with Crippen LogP contribution in [0.3, 0.4) is 0 Å². The monoisotopic (exact) mass is 278 g/mol. The molecule has 0 saturated heterocycles. The van der Waals surface area contributed by atoms with Crippen LogP contribution in [0.5, 0.6) is 0 Å². The zero-order valence-electron chi connectivity index (χ0n) is 11.0. The number of benzene rings is 1. The van der Waals surface area contributed by atoms with E-state index in [1.807, 2.05) is 13.0 Å². The summed E-state index contributed by atoms with van der Waals surface area (Å²) in [4.78, 5) is 0.244. The lowest BCUT2D eigenvalue weighted by Crippen LogP contribution is -2.40. The summed E-state index contributed by atoms with van der Waals surface area (Å²) in [5, 5.41) is 0. The Morgan fingerprint density at radius 1 is 1.16 bits per heavy atom. The minimum Gasteiger partial charge on any atom is -0.255 e. The first-order valence-electron chi connectivity index (χ1n) is 6.71. The first-order chi connectivity index (χ1) is 8.99. The SMILES string of the molecule is Cc1ccc(S(=O)(=O)OC23C=CC(CC2)CC3)cc1. The summed E-state index contributed by atoms with van der Waals surface area (Å²) in [5.41, 5.74) is 0.438. The molecule has 1 fully saturated rings. The van der Waals surface area contributed by atoms with Crippen LogP contribution < -0.4 is 0 Å². The van der Waals surface area contributed by atoms with E-state index in [0.29, 0.717) is 5.92 Å². The molecule has 1 aromatic rings. The largest absolute Gasteiger partial charge is 0.297 e. The zero-order valence-corrected chi connectivity index (χ0v) is 11.8. The summed E-state index contributed by atoms with van der Waals surface area (Å²) in [6, 6.07) is 6.81. The third-order valence-corrected chi connectivity index (χ3v) is 5.53. The van der Waals surface area contributed by atoms with Crippen molar-refractivity contribution in [2.75, 3.05) is 0 Å². The summed E-state index contributed by atoms with van der Waals surface area (Å²) in [6.45, 7) is 1.93. The molecule has 0 aliphatic heterocycles. The highest BCUT2D eigenvalue weighted by molar-refractivity contribution is 7.86. The average molecular weight is 278 g/mol. The van der Waals surface area contributed by atoms with Crippen molar-refractivity contribution in [3.8, 4) is 0 Å². The van der Waals surface area contributed by atoms with Gasteiger partial charge in [-0.05, 0) is 50.7 Å². The van der Waals surface area contributed by atoms with Crippen LogP contribution in [0.4, 0.5) is 0 Å². The molecule has 0 N–H and O–H groups in total. The maximum Gasteiger partial charge on any atom is 0.297 e. The number of fused-ring (bicyclic) bond motifs is 2. The molecule has 0 radical (unpaired) electrons. The van der Waals surface area contributed by atoms with Crippen LogP contribution in [0.15, 0.2) is 41.3 Å². The van der Waals surface area contributed by atoms with E-state index in [0.717, 1.165) is 31.2 Å². The molecule has 3 aliphatic carbocycles. The minimum atomic E-state index is -3.67. The summed E-state index contributed by atoms with van der Waals surface area (Å²) >= 11 is 0. The van der Waals surface area contributed by atoms with Gasteiger partial charge in [-0.1, -0.05) is 29.8 Å². The summed E-state index contributed by atoms with van der Waals surface area (Å²) in [6.07, 6.45) is 7.73. The first kappa shape index (κ1) is 12.9. The highest BCUT2D eigenvalue weighted by Gasteiger charge is 2.41. The van der Waals surface area contributed by atoms with Crippen molar-refractivity contribution in [3.63, 3.8) is 0 Å². The van der Waals surface area contributed by atoms with Crippen molar-refractivity contribution in [2.24, 2.45) is 5.92 Å². The minimum absolute atomic E-state index is 0.244. The Hall–Kier alpha value is -1.13. The van der Waals surface area contributed by atoms with Gasteiger partial charge in [0.15, 0.2) is 0 Å². The lowest BCUT2D eigenvalue weighted by Gasteiger charge is -2.40. The molecule has 0 atom stereocenters. The Kier molecular flexibility index (Phi) is 3.02. The van der Waals surface area contributed by atoms with Crippen molar-refractivity contribution in [1.29, 1.82) is 0 Å². The number of hydrogen-bond acceptors (Lipinski definition) is 3. The van der Waals surface area contributed by atoms with E-state index in [1.54, 1.807) is 24.3 Å². The maximum atomic E-state index is 12.3. The van der Waals surface area contributed by atoms with Gasteiger partial charge in [0.05, 0.1) is 4.90 Å². The standard InChI is InChI=1S/C15H18O3S/c1-12-2-4-14(5-3-12)19(16,17)18-15-9-6-13(7-10-15)8-11-15/h2-6,9,13H,7-8,10-11H2,1H3. The normalized spacial score (nSPS) is 29.6. The van der Waals surface area contributed by atoms with Crippen molar-refractivity contribution in [1.82, 2.24) is 0 Å². The molecule has 19 heavy (non-hydrogen) atoms. The lowest BCUT2D eigenvalue weighted by molar-refractivity contribution is 0.0612. The topological polar surface area (TPSA) is 43.4 Å². The van der Waals surface area contributed by atoms with Crippen molar-refractivity contribution >= 4 is 10.1 Å². The molecule has 1 saturated carbocycles. The molecule has 1 aromatic carbocycles. The van der Waals surface area contributed by atoms with Crippen LogP contribution in [0.25, 0.3) is 0 Å². The first-order valence-corrected chi connectivity index (χ1v) is 8.12. The van der Waals surface area contributed by atoms with Crippen LogP contribution in [0.2, 0.25) is 0 Å². The predicted octanol–water partition coefficient (Wildman–Crippen LogP) is 3.20. The molecule has 3 aliphatic rings. The fourth-order valence-corrected chi connectivity index (χ4v) is 4.11. The summed E-state index contributed by atoms with van der Waals surface area (Å²) in [7, 11) is -3.67. The number of rotatable bonds is 3. The predicted molar refractivity (Wildman–Crippen MR) is 73.3 cm³/mol. The van der Waals surface area contributed by atoms with Crippen molar-refractivity contribution in [2.45, 2.75) is 43.1 Å². The Labute approximate surface area is 114 Å². The van der Waals surface area contributed by atoms with Crippen molar-refractivity contribution in [3.05, 3.63) is 42.0 Å². The second-order valence-electron chi connectivity index (χ2n) is 5.61. The van der Waals surface area contributed by atoms with Gasteiger partial charge in [0.25, 0.3) is 10.1 Å². The molecule has 4 rings (SSSR count). The van der Waals surface area contributed by atoms with Gasteiger partial charge in [-0.3, -0.25) is 4.18 Å². The molecule has 0 unspecified atom stereocenters. The second kappa shape index (κ2) is 4.46. The van der Waals surface area contributed by atoms with Crippen molar-refractivity contribution < 1.29 is 12.6 Å². The highest BCUT2D eigenvalue weighted by atomic mass is 32.2. The number of aryl methyl sites for hydroxylation is 1. The molecular formula is C15H18O3S. The molecule has 4 heteroatoms. The molecule has 3 nitrogen and oxygen atoms in total. The van der Waals surface area contributed by atoms with E-state index >= 15 is 0 Å². The van der Waals surface area contributed by atoms with Gasteiger partial charge in [-0.25, -0.2) is 0 Å². The van der Waals surface area contributed by atoms with E-state index in [9.17, 15) is 8.42 Å². The molecule has 2 bridgehead atoms. The lowest BCUT2D eigenvalue weighted by atomic mass is 9.73. The molecular weight excluding hydrogens is 260 g/mol. The summed E-state index contributed by atoms with van der Waals surface area (Å²) < 4.78 is 30.2. The Morgan fingerprint density at radius 3 is 2.32 bits per heavy atom. The van der Waals surface area contributed by atoms with E-state index in [2.05, 4.69) is 6.08 Å². The maximum absolute atomic E-state index is 12.3. The molecule has 0 heterocycles. The smallest absolute Gasteiger partial charge is 0.255 e. The fourth-order valence-electron chi connectivity index (χ4n) is 2.88. The van der Waals surface area contributed by atoms with Gasteiger partial charge >= 0.3 is 0 Å². The van der Waals surface area contributed by atoms with Gasteiger partial charge in [0.1, 0.15) is 5.60 Å². The zero-order chi connectivity index (χ0) is 13.5. The van der Waals surface area contributed by atoms with Crippen LogP contribution >= 0.6 is 0 Å². The quantitative estimate of drug-likeness (QED) is 0.630. The van der Waals surface area contributed by atoms with E-state index in [-0.39, 0.29) is 4.90 Å². The van der Waals surface area contributed by atoms with Crippen LogP contribution in [-0.4, -0.2) is 14.0 Å². The fraction of sp³-hybridized carbons (Fsp3) is 0.467. The third-order valence-electron chi connectivity index (χ3n) is 4.13. The number of hydrogen-bond donors (Lipinski definition) is 0. The van der Waals surface area contributed by atoms with Gasteiger partial charge in [0.2, 0.25) is 0 Å². The van der Waals surface area contributed by atoms with Gasteiger partial charge in [-0.15, -0.1) is 0 Å². The van der Waals surface area contributed by atoms with Crippen LogP contribution in [0, 0.1) is 12.8 Å². The molecule has 0 aromatic heterocycles. The summed E-state index contributed by atoms with van der Waals surface area (Å²) in [5.74, 6) is 0.618. The van der Waals surface area contributed by atoms with E-state index in [4.69, 9.17) is 4.18 Å². The third kappa shape index (κ3) is 2.47. The van der Waals surface area contributed by atoms with Gasteiger partial charge in [0, 0.05) is 0 Å². The Bertz CT molecular complexity index is 591. The Balaban J connectivity index is 1.88. The molecule has 102 valence electrons. The van der Waals surface area contributed by atoms with E-state index < -0.39 is 15.7 Å². The second-order valence-corrected chi connectivity index (χ2v) is 7.16. The van der Waals surface area contributed by atoms with Crippen LogP contribution in [0.1, 0.15) is 31.2 Å². The number of allylic oxidation sites excluding steroid dienone is 1.